The number of aromatic nitrogens is 2. The van der Waals surface area contributed by atoms with Crippen LogP contribution in [0.1, 0.15) is 27.4 Å². The van der Waals surface area contributed by atoms with Crippen LogP contribution in [0.3, 0.4) is 0 Å². The maximum Gasteiger partial charge on any atom is 0.273 e. The molecule has 0 atom stereocenters. The zero-order chi connectivity index (χ0) is 21.0. The average Bonchev–Trinajstić information content (AvgIpc) is 3.16. The lowest BCUT2D eigenvalue weighted by Crippen LogP contribution is -2.31. The van der Waals surface area contributed by atoms with E-state index in [2.05, 4.69) is 16.7 Å². The summed E-state index contributed by atoms with van der Waals surface area (Å²) in [4.78, 5) is 29.4. The molecule has 0 spiro atoms. The van der Waals surface area contributed by atoms with E-state index in [1.54, 1.807) is 25.1 Å². The van der Waals surface area contributed by atoms with Gasteiger partial charge in [0.25, 0.3) is 11.6 Å². The minimum atomic E-state index is -0.504. The molecule has 2 aromatic carbocycles. The van der Waals surface area contributed by atoms with Crippen LogP contribution in [0.15, 0.2) is 59.6 Å². The largest absolute Gasteiger partial charge is 0.337 e. The molecule has 148 valence electrons. The summed E-state index contributed by atoms with van der Waals surface area (Å²) in [7, 11) is 0. The number of rotatable bonds is 7. The summed E-state index contributed by atoms with van der Waals surface area (Å²) in [5.41, 5.74) is 2.52. The third kappa shape index (κ3) is 4.55. The van der Waals surface area contributed by atoms with E-state index in [0.29, 0.717) is 11.4 Å². The monoisotopic (exact) mass is 392 g/mol. The van der Waals surface area contributed by atoms with Crippen molar-refractivity contribution in [2.45, 2.75) is 20.4 Å². The number of carbonyl (C=O) groups is 1. The first kappa shape index (κ1) is 19.9. The summed E-state index contributed by atoms with van der Waals surface area (Å²) < 4.78 is 5.30. The highest BCUT2D eigenvalue weighted by molar-refractivity contribution is 5.95. The van der Waals surface area contributed by atoms with Gasteiger partial charge in [0.05, 0.1) is 4.92 Å². The van der Waals surface area contributed by atoms with Crippen LogP contribution in [0.2, 0.25) is 0 Å². The van der Waals surface area contributed by atoms with Gasteiger partial charge in [-0.1, -0.05) is 47.1 Å². The molecule has 0 N–H and O–H groups in total. The molecule has 0 fully saturated rings. The van der Waals surface area contributed by atoms with Gasteiger partial charge in [0, 0.05) is 29.3 Å². The molecule has 0 aliphatic heterocycles. The first-order valence-corrected chi connectivity index (χ1v) is 8.94. The van der Waals surface area contributed by atoms with Crippen molar-refractivity contribution in [1.29, 1.82) is 0 Å². The summed E-state index contributed by atoms with van der Waals surface area (Å²) in [5.74, 6) is 0.303. The predicted octanol–water partition coefficient (Wildman–Crippen LogP) is 4.09. The molecule has 8 nitrogen and oxygen atoms in total. The molecule has 29 heavy (non-hydrogen) atoms. The van der Waals surface area contributed by atoms with Crippen LogP contribution in [0.4, 0.5) is 5.69 Å². The van der Waals surface area contributed by atoms with Crippen LogP contribution in [-0.2, 0) is 6.54 Å². The Morgan fingerprint density at radius 3 is 2.62 bits per heavy atom. The Hall–Kier alpha value is -3.81. The third-order valence-electron chi connectivity index (χ3n) is 4.39. The van der Waals surface area contributed by atoms with Crippen LogP contribution in [0.25, 0.3) is 11.4 Å². The van der Waals surface area contributed by atoms with Gasteiger partial charge < -0.3 is 9.42 Å². The summed E-state index contributed by atoms with van der Waals surface area (Å²) in [6, 6.07) is 12.1. The van der Waals surface area contributed by atoms with Crippen molar-refractivity contribution in [3.8, 4) is 11.4 Å². The molecule has 0 aliphatic carbocycles. The number of nitro benzene ring substituents is 1. The summed E-state index contributed by atoms with van der Waals surface area (Å²) in [6.45, 7) is 7.57. The van der Waals surface area contributed by atoms with E-state index >= 15 is 0 Å². The minimum absolute atomic E-state index is 0.0609. The van der Waals surface area contributed by atoms with Gasteiger partial charge in [0.1, 0.15) is 6.54 Å². The van der Waals surface area contributed by atoms with E-state index in [1.165, 1.54) is 11.0 Å². The first-order valence-electron chi connectivity index (χ1n) is 8.94. The van der Waals surface area contributed by atoms with Crippen LogP contribution >= 0.6 is 0 Å². The number of carbonyl (C=O) groups excluding carboxylic acids is 1. The number of aryl methyl sites for hydroxylation is 2. The third-order valence-corrected chi connectivity index (χ3v) is 4.39. The Kier molecular flexibility index (Phi) is 5.82. The van der Waals surface area contributed by atoms with Gasteiger partial charge in [-0.25, -0.2) is 0 Å². The number of amides is 1. The molecular weight excluding hydrogens is 372 g/mol. The molecule has 1 heterocycles. The molecule has 3 rings (SSSR count). The van der Waals surface area contributed by atoms with Crippen molar-refractivity contribution >= 4 is 11.6 Å². The maximum absolute atomic E-state index is 12.9. The Labute approximate surface area is 167 Å². The smallest absolute Gasteiger partial charge is 0.273 e. The molecule has 0 bridgehead atoms. The molecular formula is C21H20N4O4. The van der Waals surface area contributed by atoms with Crippen molar-refractivity contribution in [2.24, 2.45) is 0 Å². The molecule has 0 unspecified atom stereocenters. The lowest BCUT2D eigenvalue weighted by Gasteiger charge is -2.19. The lowest BCUT2D eigenvalue weighted by atomic mass is 10.1. The molecule has 1 aromatic heterocycles. The average molecular weight is 392 g/mol. The molecule has 3 aromatic rings. The van der Waals surface area contributed by atoms with E-state index in [9.17, 15) is 14.9 Å². The number of nitrogens with zero attached hydrogens (tertiary/aromatic N) is 4. The second-order valence-electron chi connectivity index (χ2n) is 6.61. The van der Waals surface area contributed by atoms with Crippen molar-refractivity contribution in [1.82, 2.24) is 15.0 Å². The highest BCUT2D eigenvalue weighted by Gasteiger charge is 2.21. The van der Waals surface area contributed by atoms with Gasteiger partial charge >= 0.3 is 0 Å². The fraction of sp³-hybridized carbons (Fsp3) is 0.190. The molecule has 0 saturated heterocycles. The van der Waals surface area contributed by atoms with E-state index < -0.39 is 4.92 Å². The number of hydrogen-bond donors (Lipinski definition) is 0. The van der Waals surface area contributed by atoms with Gasteiger partial charge in [-0.2, -0.15) is 4.98 Å². The van der Waals surface area contributed by atoms with Gasteiger partial charge in [-0.3, -0.25) is 14.9 Å². The molecule has 0 saturated carbocycles. The van der Waals surface area contributed by atoms with Crippen LogP contribution in [0, 0.1) is 24.0 Å². The van der Waals surface area contributed by atoms with Crippen molar-refractivity contribution in [3.05, 3.63) is 87.8 Å². The Balaban J connectivity index is 1.82. The Bertz CT molecular complexity index is 1060. The number of hydrogen-bond acceptors (Lipinski definition) is 6. The summed E-state index contributed by atoms with van der Waals surface area (Å²) in [6.07, 6.45) is 1.57. The molecule has 0 radical (unpaired) electrons. The van der Waals surface area contributed by atoms with Gasteiger partial charge in [-0.15, -0.1) is 6.58 Å². The first-order chi connectivity index (χ1) is 13.9. The molecule has 1 amide bonds. The quantitative estimate of drug-likeness (QED) is 0.341. The van der Waals surface area contributed by atoms with E-state index in [1.807, 2.05) is 31.2 Å². The predicted molar refractivity (Wildman–Crippen MR) is 107 cm³/mol. The van der Waals surface area contributed by atoms with Crippen LogP contribution in [0.5, 0.6) is 0 Å². The van der Waals surface area contributed by atoms with Gasteiger partial charge in [-0.05, 0) is 19.9 Å². The van der Waals surface area contributed by atoms with Crippen molar-refractivity contribution < 1.29 is 14.2 Å². The van der Waals surface area contributed by atoms with Crippen molar-refractivity contribution in [3.63, 3.8) is 0 Å². The second-order valence-corrected chi connectivity index (χ2v) is 6.61. The SMILES string of the molecule is C=CCN(Cc1nc(-c2ccc(C)cc2)no1)C(=O)c1ccc(C)c([N+](=O)[O-])c1. The van der Waals surface area contributed by atoms with Gasteiger partial charge in [0.15, 0.2) is 0 Å². The Morgan fingerprint density at radius 1 is 1.24 bits per heavy atom. The number of nitro groups is 1. The highest BCUT2D eigenvalue weighted by Crippen LogP contribution is 2.21. The second kappa shape index (κ2) is 8.47. The zero-order valence-corrected chi connectivity index (χ0v) is 16.2. The summed E-state index contributed by atoms with van der Waals surface area (Å²) in [5, 5.41) is 15.1. The molecule has 8 heteroatoms. The molecule has 0 aliphatic rings. The van der Waals surface area contributed by atoms with E-state index in [0.717, 1.165) is 11.1 Å². The summed E-state index contributed by atoms with van der Waals surface area (Å²) >= 11 is 0. The van der Waals surface area contributed by atoms with E-state index in [-0.39, 0.29) is 36.1 Å². The minimum Gasteiger partial charge on any atom is -0.337 e. The normalized spacial score (nSPS) is 10.6. The van der Waals surface area contributed by atoms with Gasteiger partial charge in [0.2, 0.25) is 11.7 Å². The topological polar surface area (TPSA) is 102 Å². The lowest BCUT2D eigenvalue weighted by molar-refractivity contribution is -0.385. The fourth-order valence-electron chi connectivity index (χ4n) is 2.80. The fourth-order valence-corrected chi connectivity index (χ4v) is 2.80. The number of benzene rings is 2. The highest BCUT2D eigenvalue weighted by atomic mass is 16.6. The standard InChI is InChI=1S/C21H20N4O4/c1-4-11-24(21(26)17-10-7-15(3)18(12-17)25(27)28)13-19-22-20(23-29-19)16-8-5-14(2)6-9-16/h4-10,12H,1,11,13H2,2-3H3. The zero-order valence-electron chi connectivity index (χ0n) is 16.2. The van der Waals surface area contributed by atoms with E-state index in [4.69, 9.17) is 4.52 Å². The van der Waals surface area contributed by atoms with Crippen molar-refractivity contribution in [2.75, 3.05) is 6.54 Å². The van der Waals surface area contributed by atoms with Crippen LogP contribution in [-0.4, -0.2) is 32.4 Å². The van der Waals surface area contributed by atoms with Crippen LogP contribution < -0.4 is 0 Å². The Morgan fingerprint density at radius 2 is 1.97 bits per heavy atom. The maximum atomic E-state index is 12.9.